The van der Waals surface area contributed by atoms with Gasteiger partial charge in [-0.3, -0.25) is 0 Å². The lowest BCUT2D eigenvalue weighted by molar-refractivity contribution is 0.687. The molecule has 0 saturated carbocycles. The van der Waals surface area contributed by atoms with Gasteiger partial charge < -0.3 is 10.6 Å². The van der Waals surface area contributed by atoms with E-state index in [-0.39, 0.29) is 0 Å². The maximum Gasteiger partial charge on any atom is 0.0279 e. The van der Waals surface area contributed by atoms with Crippen molar-refractivity contribution in [1.29, 1.82) is 0 Å². The minimum Gasteiger partial charge on any atom is -0.399 e. The largest absolute Gasteiger partial charge is 0.399 e. The SMILES string of the molecule is C/C=C/N1C=CCC=C(N)/C=C(C)/C=C\1. The van der Waals surface area contributed by atoms with E-state index in [1.54, 1.807) is 0 Å². The molecule has 0 unspecified atom stereocenters. The molecule has 0 aromatic heterocycles. The maximum atomic E-state index is 5.80. The summed E-state index contributed by atoms with van der Waals surface area (Å²) in [6.45, 7) is 4.04. The second-order valence-electron chi connectivity index (χ2n) is 3.46. The molecule has 0 amide bonds. The molecule has 0 aromatic carbocycles. The van der Waals surface area contributed by atoms with Crippen LogP contribution in [0.4, 0.5) is 0 Å². The predicted molar refractivity (Wildman–Crippen MR) is 65.6 cm³/mol. The van der Waals surface area contributed by atoms with Crippen LogP contribution in [0, 0.1) is 0 Å². The van der Waals surface area contributed by atoms with Crippen LogP contribution in [-0.2, 0) is 0 Å². The van der Waals surface area contributed by atoms with Gasteiger partial charge in [0.1, 0.15) is 0 Å². The molecular formula is C13H18N2. The quantitative estimate of drug-likeness (QED) is 0.708. The summed E-state index contributed by atoms with van der Waals surface area (Å²) in [6, 6.07) is 0. The minimum atomic E-state index is 0.821. The molecule has 2 nitrogen and oxygen atoms in total. The summed E-state index contributed by atoms with van der Waals surface area (Å²) in [5.41, 5.74) is 7.77. The van der Waals surface area contributed by atoms with E-state index in [2.05, 4.69) is 6.08 Å². The number of hydrogen-bond acceptors (Lipinski definition) is 2. The van der Waals surface area contributed by atoms with Crippen LogP contribution >= 0.6 is 0 Å². The third kappa shape index (κ3) is 4.36. The average Bonchev–Trinajstić information content (AvgIpc) is 2.20. The molecule has 2 heteroatoms. The Morgan fingerprint density at radius 1 is 1.40 bits per heavy atom. The van der Waals surface area contributed by atoms with E-state index < -0.39 is 0 Å². The minimum absolute atomic E-state index is 0.821. The molecule has 1 aliphatic heterocycles. The van der Waals surface area contributed by atoms with Crippen LogP contribution in [-0.4, -0.2) is 4.90 Å². The smallest absolute Gasteiger partial charge is 0.0279 e. The fraction of sp³-hybridized carbons (Fsp3) is 0.231. The molecule has 80 valence electrons. The van der Waals surface area contributed by atoms with Gasteiger partial charge in [-0.25, -0.2) is 0 Å². The topological polar surface area (TPSA) is 29.3 Å². The molecule has 15 heavy (non-hydrogen) atoms. The van der Waals surface area contributed by atoms with E-state index >= 15 is 0 Å². The molecule has 0 saturated heterocycles. The number of rotatable bonds is 1. The normalized spacial score (nSPS) is 23.5. The van der Waals surface area contributed by atoms with Gasteiger partial charge in [-0.05, 0) is 38.0 Å². The highest BCUT2D eigenvalue weighted by Gasteiger charge is 1.91. The van der Waals surface area contributed by atoms with Gasteiger partial charge in [-0.15, -0.1) is 0 Å². The Morgan fingerprint density at radius 2 is 2.20 bits per heavy atom. The van der Waals surface area contributed by atoms with Crippen molar-refractivity contribution in [3.05, 3.63) is 60.3 Å². The molecule has 0 radical (unpaired) electrons. The van der Waals surface area contributed by atoms with E-state index in [1.165, 1.54) is 0 Å². The molecule has 0 aliphatic carbocycles. The standard InChI is InChI=1S/C13H18N2/c1-3-8-15-9-5-4-6-13(14)11-12(2)7-10-15/h3,5-11H,4,14H2,1-2H3/b8-3+,9-5?,10-7-,12-11+,13-6?. The van der Waals surface area contributed by atoms with Gasteiger partial charge in [0.05, 0.1) is 0 Å². The predicted octanol–water partition coefficient (Wildman–Crippen LogP) is 3.04. The lowest BCUT2D eigenvalue weighted by Crippen LogP contribution is -2.00. The summed E-state index contributed by atoms with van der Waals surface area (Å²) in [5, 5.41) is 0. The van der Waals surface area contributed by atoms with Crippen LogP contribution in [0.15, 0.2) is 60.3 Å². The lowest BCUT2D eigenvalue weighted by Gasteiger charge is -2.09. The molecule has 0 atom stereocenters. The van der Waals surface area contributed by atoms with Gasteiger partial charge in [-0.2, -0.15) is 0 Å². The fourth-order valence-corrected chi connectivity index (χ4v) is 1.28. The highest BCUT2D eigenvalue weighted by Crippen LogP contribution is 2.05. The zero-order chi connectivity index (χ0) is 11.1. The summed E-state index contributed by atoms with van der Waals surface area (Å²) in [5.74, 6) is 0. The van der Waals surface area contributed by atoms with E-state index in [4.69, 9.17) is 5.73 Å². The monoisotopic (exact) mass is 202 g/mol. The van der Waals surface area contributed by atoms with Gasteiger partial charge in [0.2, 0.25) is 0 Å². The van der Waals surface area contributed by atoms with Crippen LogP contribution in [0.25, 0.3) is 0 Å². The lowest BCUT2D eigenvalue weighted by atomic mass is 10.2. The first-order valence-electron chi connectivity index (χ1n) is 5.11. The molecule has 1 heterocycles. The summed E-state index contributed by atoms with van der Waals surface area (Å²) < 4.78 is 0. The number of nitrogens with two attached hydrogens (primary N) is 1. The van der Waals surface area contributed by atoms with Gasteiger partial charge in [0, 0.05) is 24.3 Å². The summed E-state index contributed by atoms with van der Waals surface area (Å²) in [7, 11) is 0. The van der Waals surface area contributed by atoms with Crippen molar-refractivity contribution < 1.29 is 0 Å². The zero-order valence-corrected chi connectivity index (χ0v) is 9.35. The number of hydrogen-bond donors (Lipinski definition) is 1. The highest BCUT2D eigenvalue weighted by atomic mass is 15.1. The van der Waals surface area contributed by atoms with Gasteiger partial charge in [0.25, 0.3) is 0 Å². The van der Waals surface area contributed by atoms with Gasteiger partial charge in [-0.1, -0.05) is 18.2 Å². The van der Waals surface area contributed by atoms with Crippen LogP contribution in [0.2, 0.25) is 0 Å². The average molecular weight is 202 g/mol. The van der Waals surface area contributed by atoms with Crippen molar-refractivity contribution in [2.24, 2.45) is 5.73 Å². The van der Waals surface area contributed by atoms with Crippen LogP contribution < -0.4 is 5.73 Å². The Balaban J connectivity index is 2.88. The zero-order valence-electron chi connectivity index (χ0n) is 9.35. The number of allylic oxidation sites excluding steroid dienone is 6. The van der Waals surface area contributed by atoms with Crippen molar-refractivity contribution in [2.75, 3.05) is 0 Å². The van der Waals surface area contributed by atoms with Crippen molar-refractivity contribution in [2.45, 2.75) is 20.3 Å². The molecule has 1 aliphatic rings. The van der Waals surface area contributed by atoms with E-state index in [0.29, 0.717) is 0 Å². The Morgan fingerprint density at radius 3 is 2.93 bits per heavy atom. The van der Waals surface area contributed by atoms with Crippen molar-refractivity contribution >= 4 is 0 Å². The Hall–Kier alpha value is -1.70. The summed E-state index contributed by atoms with van der Waals surface area (Å²) in [6.07, 6.45) is 17.0. The first kappa shape index (κ1) is 11.4. The number of nitrogens with zero attached hydrogens (tertiary/aromatic N) is 1. The molecule has 0 spiro atoms. The Kier molecular flexibility index (Phi) is 4.48. The molecular weight excluding hydrogens is 184 g/mol. The molecule has 0 fully saturated rings. The second-order valence-corrected chi connectivity index (χ2v) is 3.46. The maximum absolute atomic E-state index is 5.80. The highest BCUT2D eigenvalue weighted by molar-refractivity contribution is 5.28. The van der Waals surface area contributed by atoms with E-state index in [9.17, 15) is 0 Å². The molecule has 2 N–H and O–H groups in total. The Labute approximate surface area is 91.8 Å². The van der Waals surface area contributed by atoms with Crippen molar-refractivity contribution in [3.8, 4) is 0 Å². The molecule has 0 aromatic rings. The first-order chi connectivity index (χ1) is 7.22. The van der Waals surface area contributed by atoms with Gasteiger partial charge in [0.15, 0.2) is 0 Å². The van der Waals surface area contributed by atoms with Crippen LogP contribution in [0.5, 0.6) is 0 Å². The van der Waals surface area contributed by atoms with E-state index in [1.807, 2.05) is 61.7 Å². The summed E-state index contributed by atoms with van der Waals surface area (Å²) >= 11 is 0. The fourth-order valence-electron chi connectivity index (χ4n) is 1.28. The molecule has 1 rings (SSSR count). The first-order valence-corrected chi connectivity index (χ1v) is 5.11. The van der Waals surface area contributed by atoms with Crippen molar-refractivity contribution in [1.82, 2.24) is 4.90 Å². The second kappa shape index (κ2) is 5.91. The summed E-state index contributed by atoms with van der Waals surface area (Å²) in [4.78, 5) is 2.02. The van der Waals surface area contributed by atoms with Gasteiger partial charge >= 0.3 is 0 Å². The van der Waals surface area contributed by atoms with Crippen LogP contribution in [0.1, 0.15) is 20.3 Å². The molecule has 0 bridgehead atoms. The van der Waals surface area contributed by atoms with Crippen molar-refractivity contribution in [3.63, 3.8) is 0 Å². The van der Waals surface area contributed by atoms with Crippen LogP contribution in [0.3, 0.4) is 0 Å². The Bertz CT molecular complexity index is 344. The van der Waals surface area contributed by atoms with E-state index in [0.717, 1.165) is 17.7 Å². The third-order valence-electron chi connectivity index (χ3n) is 1.99. The third-order valence-corrected chi connectivity index (χ3v) is 1.99.